The van der Waals surface area contributed by atoms with E-state index in [2.05, 4.69) is 24.5 Å². The molecule has 4 heteroatoms. The van der Waals surface area contributed by atoms with Gasteiger partial charge in [-0.3, -0.25) is 0 Å². The van der Waals surface area contributed by atoms with Crippen molar-refractivity contribution < 1.29 is 9.53 Å². The first kappa shape index (κ1) is 15.3. The van der Waals surface area contributed by atoms with Crippen LogP contribution in [0.25, 0.3) is 0 Å². The highest BCUT2D eigenvalue weighted by atomic mass is 16.6. The van der Waals surface area contributed by atoms with E-state index in [0.29, 0.717) is 11.8 Å². The first-order valence-electron chi connectivity index (χ1n) is 6.98. The number of carbonyl (C=O) groups excluding carboxylic acids is 1. The lowest BCUT2D eigenvalue weighted by Gasteiger charge is -2.24. The number of hydrogen-bond donors (Lipinski definition) is 2. The Kier molecular flexibility index (Phi) is 5.45. The molecule has 1 unspecified atom stereocenters. The number of rotatable bonds is 6. The Balaban J connectivity index is 2.31. The zero-order chi connectivity index (χ0) is 13.8. The predicted octanol–water partition coefficient (Wildman–Crippen LogP) is 2.54. The molecule has 0 saturated heterocycles. The standard InChI is InChI=1S/C14H28N2O2/c1-10(2)8-15-9-12(11-6-7-11)16-13(17)18-14(3,4)5/h10-12,15H,6-9H2,1-5H3,(H,16,17). The lowest BCUT2D eigenvalue weighted by molar-refractivity contribution is 0.0497. The summed E-state index contributed by atoms with van der Waals surface area (Å²) in [6.45, 7) is 11.8. The van der Waals surface area contributed by atoms with Gasteiger partial charge in [-0.05, 0) is 52.0 Å². The molecule has 1 amide bonds. The molecular formula is C14H28N2O2. The first-order chi connectivity index (χ1) is 8.28. The second kappa shape index (κ2) is 6.41. The molecule has 1 aliphatic rings. The fourth-order valence-electron chi connectivity index (χ4n) is 1.82. The van der Waals surface area contributed by atoms with Gasteiger partial charge in [0.1, 0.15) is 5.60 Å². The molecule has 0 aromatic carbocycles. The molecule has 1 rings (SSSR count). The molecular weight excluding hydrogens is 228 g/mol. The summed E-state index contributed by atoms with van der Waals surface area (Å²) in [7, 11) is 0. The van der Waals surface area contributed by atoms with Crippen LogP contribution in [0.2, 0.25) is 0 Å². The minimum Gasteiger partial charge on any atom is -0.444 e. The van der Waals surface area contributed by atoms with Crippen LogP contribution < -0.4 is 10.6 Å². The fourth-order valence-corrected chi connectivity index (χ4v) is 1.82. The minimum atomic E-state index is -0.427. The number of amides is 1. The quantitative estimate of drug-likeness (QED) is 0.768. The number of ether oxygens (including phenoxy) is 1. The molecule has 0 heterocycles. The van der Waals surface area contributed by atoms with Crippen LogP contribution >= 0.6 is 0 Å². The Labute approximate surface area is 111 Å². The van der Waals surface area contributed by atoms with Crippen molar-refractivity contribution in [1.82, 2.24) is 10.6 Å². The Hall–Kier alpha value is -0.770. The highest BCUT2D eigenvalue weighted by Gasteiger charge is 2.33. The number of alkyl carbamates (subject to hydrolysis) is 1. The van der Waals surface area contributed by atoms with Crippen LogP contribution in [0.15, 0.2) is 0 Å². The van der Waals surface area contributed by atoms with Gasteiger partial charge in [-0.15, -0.1) is 0 Å². The van der Waals surface area contributed by atoms with Crippen molar-refractivity contribution in [3.05, 3.63) is 0 Å². The Morgan fingerprint density at radius 3 is 2.33 bits per heavy atom. The van der Waals surface area contributed by atoms with Gasteiger partial charge in [-0.1, -0.05) is 13.8 Å². The lowest BCUT2D eigenvalue weighted by Crippen LogP contribution is -2.46. The summed E-state index contributed by atoms with van der Waals surface area (Å²) in [6.07, 6.45) is 2.12. The molecule has 1 atom stereocenters. The van der Waals surface area contributed by atoms with Gasteiger partial charge in [0, 0.05) is 12.6 Å². The molecule has 0 aliphatic heterocycles. The average molecular weight is 256 g/mol. The molecule has 0 aromatic heterocycles. The van der Waals surface area contributed by atoms with Crippen LogP contribution in [0, 0.1) is 11.8 Å². The van der Waals surface area contributed by atoms with Crippen molar-refractivity contribution in [2.24, 2.45) is 11.8 Å². The third-order valence-corrected chi connectivity index (χ3v) is 2.81. The van der Waals surface area contributed by atoms with Gasteiger partial charge < -0.3 is 15.4 Å². The molecule has 106 valence electrons. The van der Waals surface area contributed by atoms with Crippen molar-refractivity contribution in [3.8, 4) is 0 Å². The SMILES string of the molecule is CC(C)CNCC(NC(=O)OC(C)(C)C)C1CC1. The zero-order valence-corrected chi connectivity index (χ0v) is 12.4. The molecule has 0 aromatic rings. The smallest absolute Gasteiger partial charge is 0.407 e. The summed E-state index contributed by atoms with van der Waals surface area (Å²) in [5.41, 5.74) is -0.427. The van der Waals surface area contributed by atoms with Crippen LogP contribution in [0.1, 0.15) is 47.5 Å². The van der Waals surface area contributed by atoms with Crippen molar-refractivity contribution in [1.29, 1.82) is 0 Å². The van der Waals surface area contributed by atoms with Crippen molar-refractivity contribution >= 4 is 6.09 Å². The van der Waals surface area contributed by atoms with Crippen LogP contribution in [0.4, 0.5) is 4.79 Å². The van der Waals surface area contributed by atoms with Crippen LogP contribution in [-0.4, -0.2) is 30.8 Å². The topological polar surface area (TPSA) is 50.4 Å². The van der Waals surface area contributed by atoms with E-state index in [1.165, 1.54) is 12.8 Å². The number of nitrogens with one attached hydrogen (secondary N) is 2. The van der Waals surface area contributed by atoms with E-state index in [1.54, 1.807) is 0 Å². The van der Waals surface area contributed by atoms with Gasteiger partial charge in [-0.2, -0.15) is 0 Å². The van der Waals surface area contributed by atoms with Gasteiger partial charge in [0.15, 0.2) is 0 Å². The van der Waals surface area contributed by atoms with Crippen molar-refractivity contribution in [2.75, 3.05) is 13.1 Å². The van der Waals surface area contributed by atoms with Crippen molar-refractivity contribution in [3.63, 3.8) is 0 Å². The second-order valence-electron chi connectivity index (χ2n) is 6.64. The normalized spacial score (nSPS) is 17.7. The molecule has 18 heavy (non-hydrogen) atoms. The van der Waals surface area contributed by atoms with Gasteiger partial charge in [0.05, 0.1) is 0 Å². The highest BCUT2D eigenvalue weighted by Crippen LogP contribution is 2.32. The van der Waals surface area contributed by atoms with Crippen LogP contribution in [-0.2, 0) is 4.74 Å². The van der Waals surface area contributed by atoms with Crippen LogP contribution in [0.5, 0.6) is 0 Å². The molecule has 0 radical (unpaired) electrons. The van der Waals surface area contributed by atoms with E-state index >= 15 is 0 Å². The monoisotopic (exact) mass is 256 g/mol. The molecule has 2 N–H and O–H groups in total. The minimum absolute atomic E-state index is 0.207. The average Bonchev–Trinajstić information content (AvgIpc) is 2.95. The maximum Gasteiger partial charge on any atom is 0.407 e. The van der Waals surface area contributed by atoms with Gasteiger partial charge in [0.25, 0.3) is 0 Å². The van der Waals surface area contributed by atoms with E-state index in [0.717, 1.165) is 13.1 Å². The van der Waals surface area contributed by atoms with Crippen LogP contribution in [0.3, 0.4) is 0 Å². The summed E-state index contributed by atoms with van der Waals surface area (Å²) >= 11 is 0. The Morgan fingerprint density at radius 1 is 1.28 bits per heavy atom. The first-order valence-corrected chi connectivity index (χ1v) is 6.98. The van der Waals surface area contributed by atoms with E-state index in [-0.39, 0.29) is 12.1 Å². The van der Waals surface area contributed by atoms with E-state index < -0.39 is 5.60 Å². The summed E-state index contributed by atoms with van der Waals surface area (Å²) in [6, 6.07) is 0.207. The van der Waals surface area contributed by atoms with Gasteiger partial charge in [-0.25, -0.2) is 4.79 Å². The summed E-state index contributed by atoms with van der Waals surface area (Å²) in [4.78, 5) is 11.7. The van der Waals surface area contributed by atoms with E-state index in [1.807, 2.05) is 20.8 Å². The molecule has 1 fully saturated rings. The summed E-state index contributed by atoms with van der Waals surface area (Å²) in [5, 5.41) is 6.39. The van der Waals surface area contributed by atoms with Gasteiger partial charge >= 0.3 is 6.09 Å². The van der Waals surface area contributed by atoms with Gasteiger partial charge in [0.2, 0.25) is 0 Å². The molecule has 1 saturated carbocycles. The molecule has 0 bridgehead atoms. The maximum absolute atomic E-state index is 11.7. The third-order valence-electron chi connectivity index (χ3n) is 2.81. The lowest BCUT2D eigenvalue weighted by atomic mass is 10.1. The maximum atomic E-state index is 11.7. The van der Waals surface area contributed by atoms with E-state index in [4.69, 9.17) is 4.74 Å². The molecule has 4 nitrogen and oxygen atoms in total. The Morgan fingerprint density at radius 2 is 1.89 bits per heavy atom. The fraction of sp³-hybridized carbons (Fsp3) is 0.929. The Bertz CT molecular complexity index is 267. The van der Waals surface area contributed by atoms with Crippen molar-refractivity contribution in [2.45, 2.75) is 59.1 Å². The highest BCUT2D eigenvalue weighted by molar-refractivity contribution is 5.68. The molecule has 1 aliphatic carbocycles. The third kappa shape index (κ3) is 6.84. The number of carbonyl (C=O) groups is 1. The molecule has 0 spiro atoms. The number of hydrogen-bond acceptors (Lipinski definition) is 3. The largest absolute Gasteiger partial charge is 0.444 e. The summed E-state index contributed by atoms with van der Waals surface area (Å²) in [5.74, 6) is 1.25. The summed E-state index contributed by atoms with van der Waals surface area (Å²) < 4.78 is 5.30. The predicted molar refractivity (Wildman–Crippen MR) is 73.6 cm³/mol. The van der Waals surface area contributed by atoms with E-state index in [9.17, 15) is 4.79 Å². The zero-order valence-electron chi connectivity index (χ0n) is 12.4. The second-order valence-corrected chi connectivity index (χ2v) is 6.64.